The molecule has 8 heteroatoms. The zero-order valence-corrected chi connectivity index (χ0v) is 18.9. The third kappa shape index (κ3) is 4.47. The normalized spacial score (nSPS) is 11.0. The molecule has 4 aromatic rings. The van der Waals surface area contributed by atoms with Gasteiger partial charge in [-0.3, -0.25) is 14.7 Å². The Morgan fingerprint density at radius 3 is 2.61 bits per heavy atom. The molecule has 0 spiro atoms. The van der Waals surface area contributed by atoms with Crippen LogP contribution in [0.15, 0.2) is 52.6 Å². The summed E-state index contributed by atoms with van der Waals surface area (Å²) in [6.45, 7) is 5.73. The summed E-state index contributed by atoms with van der Waals surface area (Å²) in [5.41, 5.74) is 5.31. The van der Waals surface area contributed by atoms with Gasteiger partial charge in [-0.05, 0) is 44.5 Å². The molecule has 2 heterocycles. The molecule has 0 saturated carbocycles. The van der Waals surface area contributed by atoms with E-state index in [1.807, 2.05) is 49.6 Å². The van der Waals surface area contributed by atoms with Crippen LogP contribution in [0.25, 0.3) is 16.4 Å². The maximum absolute atomic E-state index is 13.0. The number of carbonyl (C=O) groups excluding carboxylic acids is 1. The number of carbonyl (C=O) groups is 1. The van der Waals surface area contributed by atoms with E-state index in [1.54, 1.807) is 19.1 Å². The number of halogens is 1. The molecule has 0 bridgehead atoms. The fourth-order valence-electron chi connectivity index (χ4n) is 3.35. The molecule has 0 radical (unpaired) electrons. The summed E-state index contributed by atoms with van der Waals surface area (Å²) < 4.78 is 1.39. The molecule has 6 nitrogen and oxygen atoms in total. The molecule has 2 aromatic carbocycles. The number of benzene rings is 2. The van der Waals surface area contributed by atoms with Crippen molar-refractivity contribution in [3.63, 3.8) is 0 Å². The quantitative estimate of drug-likeness (QED) is 0.444. The molecular weight excluding hydrogens is 432 g/mol. The summed E-state index contributed by atoms with van der Waals surface area (Å²) in [6.07, 6.45) is -0.0170. The summed E-state index contributed by atoms with van der Waals surface area (Å²) in [5, 5.41) is 8.98. The molecule has 4 rings (SSSR count). The molecule has 0 fully saturated rings. The number of aromatic amines is 1. The van der Waals surface area contributed by atoms with Crippen molar-refractivity contribution >= 4 is 34.5 Å². The minimum atomic E-state index is -0.273. The average molecular weight is 453 g/mol. The van der Waals surface area contributed by atoms with E-state index in [9.17, 15) is 9.59 Å². The Morgan fingerprint density at radius 2 is 1.90 bits per heavy atom. The molecule has 31 heavy (non-hydrogen) atoms. The Morgan fingerprint density at radius 1 is 1.16 bits per heavy atom. The van der Waals surface area contributed by atoms with Gasteiger partial charge in [0.15, 0.2) is 0 Å². The van der Waals surface area contributed by atoms with E-state index in [-0.39, 0.29) is 17.9 Å². The Balaban J connectivity index is 1.56. The smallest absolute Gasteiger partial charge is 0.277 e. The van der Waals surface area contributed by atoms with E-state index >= 15 is 0 Å². The van der Waals surface area contributed by atoms with Crippen LogP contribution in [-0.4, -0.2) is 20.7 Å². The molecular formula is C23H21ClN4O2S. The number of rotatable bonds is 5. The van der Waals surface area contributed by atoms with Crippen molar-refractivity contribution in [3.8, 4) is 16.4 Å². The van der Waals surface area contributed by atoms with Gasteiger partial charge >= 0.3 is 0 Å². The van der Waals surface area contributed by atoms with Crippen molar-refractivity contribution in [2.45, 2.75) is 27.2 Å². The molecule has 0 aliphatic heterocycles. The lowest BCUT2D eigenvalue weighted by Gasteiger charge is -2.08. The number of H-pyrrole nitrogens is 1. The van der Waals surface area contributed by atoms with Crippen LogP contribution in [0.2, 0.25) is 5.02 Å². The van der Waals surface area contributed by atoms with E-state index in [4.69, 9.17) is 11.6 Å². The zero-order valence-electron chi connectivity index (χ0n) is 17.3. The van der Waals surface area contributed by atoms with Crippen LogP contribution in [0.1, 0.15) is 22.4 Å². The summed E-state index contributed by atoms with van der Waals surface area (Å²) in [5.74, 6) is -0.237. The molecule has 0 aliphatic rings. The predicted molar refractivity (Wildman–Crippen MR) is 125 cm³/mol. The maximum atomic E-state index is 13.0. The number of nitrogens with one attached hydrogen (secondary N) is 2. The third-order valence-electron chi connectivity index (χ3n) is 5.01. The molecule has 0 saturated heterocycles. The van der Waals surface area contributed by atoms with Gasteiger partial charge in [0.1, 0.15) is 0 Å². The van der Waals surface area contributed by atoms with Gasteiger partial charge in [0.2, 0.25) is 11.0 Å². The highest BCUT2D eigenvalue weighted by atomic mass is 35.5. The van der Waals surface area contributed by atoms with Crippen molar-refractivity contribution in [2.75, 3.05) is 5.32 Å². The van der Waals surface area contributed by atoms with Gasteiger partial charge in [0.25, 0.3) is 5.56 Å². The van der Waals surface area contributed by atoms with Gasteiger partial charge < -0.3 is 5.32 Å². The lowest BCUT2D eigenvalue weighted by molar-refractivity contribution is -0.115. The first kappa shape index (κ1) is 21.1. The average Bonchev–Trinajstić information content (AvgIpc) is 3.31. The van der Waals surface area contributed by atoms with Crippen LogP contribution in [0.3, 0.4) is 0 Å². The summed E-state index contributed by atoms with van der Waals surface area (Å²) >= 11 is 7.30. The van der Waals surface area contributed by atoms with Crippen molar-refractivity contribution in [1.82, 2.24) is 14.8 Å². The van der Waals surface area contributed by atoms with Crippen LogP contribution in [0, 0.1) is 20.8 Å². The lowest BCUT2D eigenvalue weighted by Crippen LogP contribution is -2.22. The number of hydrogen-bond acceptors (Lipinski definition) is 4. The van der Waals surface area contributed by atoms with E-state index < -0.39 is 0 Å². The topological polar surface area (TPSA) is 79.8 Å². The molecule has 2 aromatic heterocycles. The number of aryl methyl sites for hydroxylation is 3. The van der Waals surface area contributed by atoms with Crippen molar-refractivity contribution in [1.29, 1.82) is 0 Å². The SMILES string of the molecule is Cc1ccc(NC(=O)Cc2c(C)[nH]n(-c3nc(-c4ccc(Cl)cc4)cs3)c2=O)c(C)c1. The molecule has 1 amide bonds. The molecule has 0 atom stereocenters. The van der Waals surface area contributed by atoms with Crippen LogP contribution in [0.5, 0.6) is 0 Å². The minimum absolute atomic E-state index is 0.0170. The largest absolute Gasteiger partial charge is 0.326 e. The Bertz CT molecular complexity index is 1320. The zero-order chi connectivity index (χ0) is 22.1. The van der Waals surface area contributed by atoms with E-state index in [0.717, 1.165) is 28.1 Å². The first-order chi connectivity index (χ1) is 14.8. The highest BCUT2D eigenvalue weighted by Crippen LogP contribution is 2.25. The summed E-state index contributed by atoms with van der Waals surface area (Å²) in [6, 6.07) is 13.2. The highest BCUT2D eigenvalue weighted by molar-refractivity contribution is 7.12. The van der Waals surface area contributed by atoms with E-state index in [2.05, 4.69) is 15.4 Å². The first-order valence-electron chi connectivity index (χ1n) is 9.71. The fourth-order valence-corrected chi connectivity index (χ4v) is 4.27. The van der Waals surface area contributed by atoms with Gasteiger partial charge in [0.05, 0.1) is 12.1 Å². The monoisotopic (exact) mass is 452 g/mol. The molecule has 0 aliphatic carbocycles. The van der Waals surface area contributed by atoms with E-state index in [0.29, 0.717) is 21.4 Å². The summed E-state index contributed by atoms with van der Waals surface area (Å²) in [4.78, 5) is 30.1. The number of hydrogen-bond donors (Lipinski definition) is 2. The second-order valence-corrected chi connectivity index (χ2v) is 8.69. The number of anilines is 1. The van der Waals surface area contributed by atoms with Gasteiger partial charge in [-0.1, -0.05) is 41.4 Å². The van der Waals surface area contributed by atoms with Gasteiger partial charge in [0, 0.05) is 32.9 Å². The second kappa shape index (κ2) is 8.53. The number of nitrogens with zero attached hydrogens (tertiary/aromatic N) is 2. The standard InChI is InChI=1S/C23H21ClN4O2S/c1-13-4-9-19(14(2)10-13)25-21(29)11-18-15(3)27-28(22(18)30)23-26-20(12-31-23)16-5-7-17(24)8-6-16/h4-10,12,27H,11H2,1-3H3,(H,25,29). The van der Waals surface area contributed by atoms with E-state index in [1.165, 1.54) is 16.0 Å². The molecule has 0 unspecified atom stereocenters. The second-order valence-electron chi connectivity index (χ2n) is 7.42. The van der Waals surface area contributed by atoms with Crippen LogP contribution in [0.4, 0.5) is 5.69 Å². The highest BCUT2D eigenvalue weighted by Gasteiger charge is 2.18. The minimum Gasteiger partial charge on any atom is -0.326 e. The molecule has 2 N–H and O–H groups in total. The fraction of sp³-hybridized carbons (Fsp3) is 0.174. The maximum Gasteiger partial charge on any atom is 0.277 e. The summed E-state index contributed by atoms with van der Waals surface area (Å²) in [7, 11) is 0. The van der Waals surface area contributed by atoms with Crippen LogP contribution < -0.4 is 10.9 Å². The molecule has 158 valence electrons. The Labute approximate surface area is 188 Å². The lowest BCUT2D eigenvalue weighted by atomic mass is 10.1. The Hall–Kier alpha value is -3.16. The predicted octanol–water partition coefficient (Wildman–Crippen LogP) is 5.05. The third-order valence-corrected chi connectivity index (χ3v) is 6.09. The number of thiazole rings is 1. The van der Waals surface area contributed by atoms with Crippen molar-refractivity contribution in [3.05, 3.63) is 85.6 Å². The van der Waals surface area contributed by atoms with Gasteiger partial charge in [-0.25, -0.2) is 4.98 Å². The van der Waals surface area contributed by atoms with Crippen LogP contribution >= 0.6 is 22.9 Å². The Kier molecular flexibility index (Phi) is 5.80. The number of aromatic nitrogens is 3. The first-order valence-corrected chi connectivity index (χ1v) is 11.0. The van der Waals surface area contributed by atoms with Gasteiger partial charge in [-0.15, -0.1) is 11.3 Å². The number of amides is 1. The van der Waals surface area contributed by atoms with Crippen LogP contribution in [-0.2, 0) is 11.2 Å². The van der Waals surface area contributed by atoms with Crippen molar-refractivity contribution < 1.29 is 4.79 Å². The van der Waals surface area contributed by atoms with Crippen molar-refractivity contribution in [2.24, 2.45) is 0 Å². The van der Waals surface area contributed by atoms with Gasteiger partial charge in [-0.2, -0.15) is 4.68 Å².